The summed E-state index contributed by atoms with van der Waals surface area (Å²) in [5.41, 5.74) is 16.0. The fourth-order valence-electron chi connectivity index (χ4n) is 8.15. The van der Waals surface area contributed by atoms with Gasteiger partial charge in [-0.2, -0.15) is 0 Å². The van der Waals surface area contributed by atoms with Crippen molar-refractivity contribution in [2.45, 2.75) is 26.2 Å². The second-order valence-electron chi connectivity index (χ2n) is 13.4. The predicted octanol–water partition coefficient (Wildman–Crippen LogP) is 7.99. The highest BCUT2D eigenvalue weighted by Gasteiger charge is 2.40. The summed E-state index contributed by atoms with van der Waals surface area (Å²) in [4.78, 5) is 0. The molecule has 0 aliphatic carbocycles. The first-order valence-corrected chi connectivity index (χ1v) is 15.3. The lowest BCUT2D eigenvalue weighted by Gasteiger charge is -2.34. The summed E-state index contributed by atoms with van der Waals surface area (Å²) in [6, 6.07) is 45.8. The van der Waals surface area contributed by atoms with E-state index in [2.05, 4.69) is 151 Å². The van der Waals surface area contributed by atoms with Crippen LogP contribution >= 0.6 is 0 Å². The standard InChI is InChI=1S/C40H29BN2/c1-40(2,3)26-20-18-24(19-21-26)25-22-35-37-36(23-25)43-34-17-7-5-11-28(34)30-13-9-15-32(39(30)43)41(37)31-14-8-12-29-27-10-4-6-16-33(27)42(35)38(29)31/h4-23H,1-3H3. The topological polar surface area (TPSA) is 9.86 Å². The molecular weight excluding hydrogens is 519 g/mol. The van der Waals surface area contributed by atoms with Gasteiger partial charge in [0, 0.05) is 44.0 Å². The molecule has 2 aliphatic rings. The Hall–Kier alpha value is -5.02. The van der Waals surface area contributed by atoms with Crippen LogP contribution < -0.4 is 16.4 Å². The Bertz CT molecular complexity index is 2340. The van der Waals surface area contributed by atoms with Crippen LogP contribution in [-0.4, -0.2) is 15.8 Å². The lowest BCUT2D eigenvalue weighted by Crippen LogP contribution is -2.59. The number of hydrogen-bond acceptors (Lipinski definition) is 0. The number of benzene rings is 6. The number of nitrogens with zero attached hydrogens (tertiary/aromatic N) is 2. The number of para-hydroxylation sites is 4. The molecule has 0 saturated carbocycles. The summed E-state index contributed by atoms with van der Waals surface area (Å²) in [7, 11) is 0. The van der Waals surface area contributed by atoms with Crippen molar-refractivity contribution >= 4 is 66.7 Å². The highest BCUT2D eigenvalue weighted by molar-refractivity contribution is 7.00. The quantitative estimate of drug-likeness (QED) is 0.184. The van der Waals surface area contributed by atoms with Crippen molar-refractivity contribution in [3.63, 3.8) is 0 Å². The van der Waals surface area contributed by atoms with Gasteiger partial charge in [-0.15, -0.1) is 0 Å². The molecule has 6 aromatic carbocycles. The lowest BCUT2D eigenvalue weighted by molar-refractivity contribution is 0.590. The molecule has 0 bridgehead atoms. The summed E-state index contributed by atoms with van der Waals surface area (Å²) >= 11 is 0. The Morgan fingerprint density at radius 2 is 0.977 bits per heavy atom. The van der Waals surface area contributed by atoms with Crippen LogP contribution in [0.1, 0.15) is 26.3 Å². The zero-order valence-corrected chi connectivity index (χ0v) is 24.5. The van der Waals surface area contributed by atoms with Crippen LogP contribution in [-0.2, 0) is 5.41 Å². The molecule has 8 aromatic rings. The molecule has 0 amide bonds. The minimum absolute atomic E-state index is 0.117. The first-order valence-electron chi connectivity index (χ1n) is 15.3. The van der Waals surface area contributed by atoms with Crippen LogP contribution in [0.3, 0.4) is 0 Å². The molecular formula is C40H29BN2. The van der Waals surface area contributed by atoms with Gasteiger partial charge in [0.05, 0.1) is 11.0 Å². The highest BCUT2D eigenvalue weighted by atomic mass is 15.0. The summed E-state index contributed by atoms with van der Waals surface area (Å²) < 4.78 is 5.11. The van der Waals surface area contributed by atoms with Gasteiger partial charge in [-0.05, 0) is 62.8 Å². The highest BCUT2D eigenvalue weighted by Crippen LogP contribution is 2.40. The molecule has 43 heavy (non-hydrogen) atoms. The van der Waals surface area contributed by atoms with Gasteiger partial charge in [0.1, 0.15) is 0 Å². The average Bonchev–Trinajstić information content (AvgIpc) is 3.55. The van der Waals surface area contributed by atoms with Crippen LogP contribution in [0.25, 0.3) is 66.1 Å². The molecule has 2 nitrogen and oxygen atoms in total. The monoisotopic (exact) mass is 548 g/mol. The molecule has 0 saturated heterocycles. The van der Waals surface area contributed by atoms with Gasteiger partial charge in [0.15, 0.2) is 0 Å². The van der Waals surface area contributed by atoms with E-state index in [1.807, 2.05) is 0 Å². The average molecular weight is 548 g/mol. The molecule has 202 valence electrons. The van der Waals surface area contributed by atoms with Crippen molar-refractivity contribution in [2.75, 3.05) is 0 Å². The molecule has 2 aromatic heterocycles. The van der Waals surface area contributed by atoms with Crippen molar-refractivity contribution in [1.29, 1.82) is 0 Å². The van der Waals surface area contributed by atoms with Crippen molar-refractivity contribution in [2.24, 2.45) is 0 Å². The van der Waals surface area contributed by atoms with Crippen LogP contribution in [0.4, 0.5) is 0 Å². The maximum Gasteiger partial charge on any atom is 0.252 e. The van der Waals surface area contributed by atoms with Gasteiger partial charge < -0.3 is 9.13 Å². The first-order chi connectivity index (χ1) is 21.0. The second kappa shape index (κ2) is 7.87. The third-order valence-electron chi connectivity index (χ3n) is 10.1. The molecule has 0 radical (unpaired) electrons. The van der Waals surface area contributed by atoms with E-state index >= 15 is 0 Å². The third kappa shape index (κ3) is 2.90. The van der Waals surface area contributed by atoms with Crippen molar-refractivity contribution < 1.29 is 0 Å². The molecule has 10 rings (SSSR count). The Morgan fingerprint density at radius 3 is 1.49 bits per heavy atom. The van der Waals surface area contributed by atoms with Crippen molar-refractivity contribution in [3.05, 3.63) is 127 Å². The molecule has 0 unspecified atom stereocenters. The van der Waals surface area contributed by atoms with Gasteiger partial charge in [-0.25, -0.2) is 0 Å². The van der Waals surface area contributed by atoms with Crippen LogP contribution in [0.15, 0.2) is 121 Å². The number of fused-ring (bicyclic) bond motifs is 10. The van der Waals surface area contributed by atoms with Crippen LogP contribution in [0, 0.1) is 0 Å². The third-order valence-corrected chi connectivity index (χ3v) is 10.1. The maximum atomic E-state index is 2.55. The normalized spacial score (nSPS) is 13.4. The molecule has 0 N–H and O–H groups in total. The van der Waals surface area contributed by atoms with Gasteiger partial charge in [0.25, 0.3) is 6.71 Å². The van der Waals surface area contributed by atoms with E-state index in [0.29, 0.717) is 0 Å². The summed E-state index contributed by atoms with van der Waals surface area (Å²) in [6.07, 6.45) is 0. The fraction of sp³-hybridized carbons (Fsp3) is 0.100. The Labute approximate surface area is 250 Å². The van der Waals surface area contributed by atoms with Crippen LogP contribution in [0.2, 0.25) is 0 Å². The van der Waals surface area contributed by atoms with Gasteiger partial charge in [-0.3, -0.25) is 0 Å². The van der Waals surface area contributed by atoms with Crippen LogP contribution in [0.5, 0.6) is 0 Å². The smallest absolute Gasteiger partial charge is 0.252 e. The predicted molar refractivity (Wildman–Crippen MR) is 184 cm³/mol. The van der Waals surface area contributed by atoms with Crippen molar-refractivity contribution in [3.8, 4) is 22.5 Å². The van der Waals surface area contributed by atoms with Gasteiger partial charge >= 0.3 is 0 Å². The minimum atomic E-state index is 0.117. The van der Waals surface area contributed by atoms with E-state index in [1.54, 1.807) is 0 Å². The molecule has 0 spiro atoms. The number of aromatic nitrogens is 2. The van der Waals surface area contributed by atoms with Gasteiger partial charge in [0.2, 0.25) is 0 Å². The van der Waals surface area contributed by atoms with E-state index in [4.69, 9.17) is 0 Å². The Morgan fingerprint density at radius 1 is 0.488 bits per heavy atom. The number of hydrogen-bond donors (Lipinski definition) is 0. The lowest BCUT2D eigenvalue weighted by atomic mass is 9.34. The zero-order chi connectivity index (χ0) is 28.6. The summed E-state index contributed by atoms with van der Waals surface area (Å²) in [5, 5.41) is 5.29. The fourth-order valence-corrected chi connectivity index (χ4v) is 8.15. The SMILES string of the molecule is CC(C)(C)c1ccc(-c2cc3c4c(c2)-n2c5ccccc5c5cccc(c52)B4c2cccc4c5ccccc5n-3c24)cc1. The van der Waals surface area contributed by atoms with E-state index in [-0.39, 0.29) is 12.1 Å². The minimum Gasteiger partial charge on any atom is -0.310 e. The molecule has 0 fully saturated rings. The summed E-state index contributed by atoms with van der Waals surface area (Å²) in [6.45, 7) is 7.02. The van der Waals surface area contributed by atoms with Gasteiger partial charge in [-0.1, -0.05) is 118 Å². The second-order valence-corrected chi connectivity index (χ2v) is 13.4. The maximum absolute atomic E-state index is 2.55. The van der Waals surface area contributed by atoms with E-state index in [0.717, 1.165) is 0 Å². The molecule has 4 heterocycles. The zero-order valence-electron chi connectivity index (χ0n) is 24.5. The van der Waals surface area contributed by atoms with E-state index in [1.165, 1.54) is 88.1 Å². The Kier molecular flexibility index (Phi) is 4.31. The largest absolute Gasteiger partial charge is 0.310 e. The molecule has 0 atom stereocenters. The Balaban J connectivity index is 1.41. The van der Waals surface area contributed by atoms with Crippen molar-refractivity contribution in [1.82, 2.24) is 9.13 Å². The summed E-state index contributed by atoms with van der Waals surface area (Å²) in [5.74, 6) is 0. The van der Waals surface area contributed by atoms with E-state index in [9.17, 15) is 0 Å². The molecule has 3 heteroatoms. The molecule has 2 aliphatic heterocycles. The first kappa shape index (κ1) is 23.5. The van der Waals surface area contributed by atoms with E-state index < -0.39 is 0 Å². The number of rotatable bonds is 1.